The number of rotatable bonds is 4. The monoisotopic (exact) mass is 476 g/mol. The smallest absolute Gasteiger partial charge is 0.259 e. The zero-order valence-corrected chi connectivity index (χ0v) is 20.6. The van der Waals surface area contributed by atoms with Gasteiger partial charge in [-0.1, -0.05) is 54.1 Å². The molecule has 1 aliphatic rings. The lowest BCUT2D eigenvalue weighted by molar-refractivity contribution is -0.119. The number of carbonyl (C=O) groups is 2. The van der Waals surface area contributed by atoms with Crippen LogP contribution in [0.4, 0.5) is 5.69 Å². The molecule has 3 aromatic carbocycles. The van der Waals surface area contributed by atoms with Gasteiger partial charge in [0.05, 0.1) is 22.9 Å². The lowest BCUT2D eigenvalue weighted by Crippen LogP contribution is -2.53. The molecule has 0 radical (unpaired) electrons. The Labute approximate surface area is 205 Å². The summed E-state index contributed by atoms with van der Waals surface area (Å²) >= 11 is 6.16. The van der Waals surface area contributed by atoms with Gasteiger partial charge in [-0.2, -0.15) is 0 Å². The summed E-state index contributed by atoms with van der Waals surface area (Å²) in [4.78, 5) is 27.9. The van der Waals surface area contributed by atoms with E-state index in [1.54, 1.807) is 38.1 Å². The summed E-state index contributed by atoms with van der Waals surface area (Å²) in [5, 5.41) is 14.0. The van der Waals surface area contributed by atoms with Gasteiger partial charge in [0, 0.05) is 17.5 Å². The van der Waals surface area contributed by atoms with Crippen molar-refractivity contribution >= 4 is 29.1 Å². The molecule has 2 amide bonds. The minimum absolute atomic E-state index is 0.125. The van der Waals surface area contributed by atoms with Gasteiger partial charge in [0.2, 0.25) is 5.91 Å². The number of fused-ring (bicyclic) bond motifs is 1. The molecule has 5 nitrogen and oxygen atoms in total. The van der Waals surface area contributed by atoms with Crippen molar-refractivity contribution < 1.29 is 14.7 Å². The third kappa shape index (κ3) is 4.46. The molecule has 0 aromatic heterocycles. The Kier molecular flexibility index (Phi) is 6.28. The van der Waals surface area contributed by atoms with Crippen LogP contribution in [0.3, 0.4) is 0 Å². The second-order valence-corrected chi connectivity index (χ2v) is 10.0. The third-order valence-corrected chi connectivity index (χ3v) is 6.79. The van der Waals surface area contributed by atoms with Crippen molar-refractivity contribution in [1.29, 1.82) is 0 Å². The highest BCUT2D eigenvalue weighted by molar-refractivity contribution is 6.30. The topological polar surface area (TPSA) is 69.6 Å². The van der Waals surface area contributed by atoms with Crippen molar-refractivity contribution in [3.05, 3.63) is 100 Å². The minimum atomic E-state index is -0.997. The number of nitrogens with one attached hydrogen (secondary N) is 1. The van der Waals surface area contributed by atoms with Crippen LogP contribution in [0, 0.1) is 0 Å². The van der Waals surface area contributed by atoms with Gasteiger partial charge in [-0.05, 0) is 74.2 Å². The number of hydrogen-bond acceptors (Lipinski definition) is 3. The van der Waals surface area contributed by atoms with Crippen molar-refractivity contribution in [3.63, 3.8) is 0 Å². The molecule has 1 heterocycles. The van der Waals surface area contributed by atoms with Gasteiger partial charge in [0.25, 0.3) is 5.91 Å². The maximum Gasteiger partial charge on any atom is 0.259 e. The molecular formula is C28H29ClN2O3. The van der Waals surface area contributed by atoms with Crippen LogP contribution in [-0.4, -0.2) is 16.9 Å². The van der Waals surface area contributed by atoms with Crippen molar-refractivity contribution in [1.82, 2.24) is 5.32 Å². The van der Waals surface area contributed by atoms with Crippen molar-refractivity contribution in [2.75, 3.05) is 4.90 Å². The van der Waals surface area contributed by atoms with E-state index in [4.69, 9.17) is 11.6 Å². The Morgan fingerprint density at radius 3 is 2.24 bits per heavy atom. The van der Waals surface area contributed by atoms with Crippen LogP contribution in [0.25, 0.3) is 0 Å². The predicted molar refractivity (Wildman–Crippen MR) is 135 cm³/mol. The van der Waals surface area contributed by atoms with Gasteiger partial charge in [0.1, 0.15) is 0 Å². The number of para-hydroxylation sites is 1. The SMILES string of the molecule is CC(=O)N[C@@H]1C[C@@](C)(c2ccc(Cl)cc2)N(C(=O)c2ccc(C(C)(C)O)cc2)c2ccccc21. The van der Waals surface area contributed by atoms with Gasteiger partial charge < -0.3 is 10.4 Å². The Hall–Kier alpha value is -3.15. The fourth-order valence-electron chi connectivity index (χ4n) is 4.76. The van der Waals surface area contributed by atoms with E-state index in [1.807, 2.05) is 60.4 Å². The lowest BCUT2D eigenvalue weighted by Gasteiger charge is -2.49. The summed E-state index contributed by atoms with van der Waals surface area (Å²) in [7, 11) is 0. The number of aliphatic hydroxyl groups is 1. The van der Waals surface area contributed by atoms with Crippen LogP contribution in [-0.2, 0) is 15.9 Å². The van der Waals surface area contributed by atoms with Crippen LogP contribution in [0.5, 0.6) is 0 Å². The van der Waals surface area contributed by atoms with Gasteiger partial charge in [-0.3, -0.25) is 14.5 Å². The number of nitrogens with zero attached hydrogens (tertiary/aromatic N) is 1. The highest BCUT2D eigenvalue weighted by Crippen LogP contribution is 2.48. The maximum atomic E-state index is 14.1. The van der Waals surface area contributed by atoms with Crippen molar-refractivity contribution in [2.24, 2.45) is 0 Å². The van der Waals surface area contributed by atoms with Crippen LogP contribution in [0.15, 0.2) is 72.8 Å². The average Bonchev–Trinajstić information content (AvgIpc) is 2.78. The molecule has 1 aliphatic heterocycles. The number of halogens is 1. The summed E-state index contributed by atoms with van der Waals surface area (Å²) in [5.41, 5.74) is 2.06. The first kappa shape index (κ1) is 24.0. The number of anilines is 1. The van der Waals surface area contributed by atoms with Crippen molar-refractivity contribution in [3.8, 4) is 0 Å². The predicted octanol–water partition coefficient (Wildman–Crippen LogP) is 5.71. The number of carbonyl (C=O) groups excluding carboxylic acids is 2. The molecule has 0 unspecified atom stereocenters. The fraction of sp³-hybridized carbons (Fsp3) is 0.286. The quantitative estimate of drug-likeness (QED) is 0.506. The van der Waals surface area contributed by atoms with E-state index in [0.29, 0.717) is 17.0 Å². The lowest BCUT2D eigenvalue weighted by atomic mass is 9.77. The number of benzene rings is 3. The molecule has 6 heteroatoms. The molecule has 2 atom stereocenters. The van der Waals surface area contributed by atoms with Crippen molar-refractivity contribution in [2.45, 2.75) is 51.3 Å². The third-order valence-electron chi connectivity index (χ3n) is 6.53. The van der Waals surface area contributed by atoms with Gasteiger partial charge in [-0.15, -0.1) is 0 Å². The summed E-state index contributed by atoms with van der Waals surface area (Å²) in [6, 6.07) is 22.0. The fourth-order valence-corrected chi connectivity index (χ4v) is 4.89. The van der Waals surface area contributed by atoms with Crippen LogP contribution < -0.4 is 10.2 Å². The molecule has 0 fully saturated rings. The van der Waals surface area contributed by atoms with E-state index in [9.17, 15) is 14.7 Å². The molecule has 176 valence electrons. The number of hydrogen-bond donors (Lipinski definition) is 2. The van der Waals surface area contributed by atoms with Crippen LogP contribution in [0.2, 0.25) is 5.02 Å². The van der Waals surface area contributed by atoms with Crippen LogP contribution in [0.1, 0.15) is 67.2 Å². The van der Waals surface area contributed by atoms with E-state index in [-0.39, 0.29) is 17.9 Å². The van der Waals surface area contributed by atoms with Gasteiger partial charge in [-0.25, -0.2) is 0 Å². The molecule has 34 heavy (non-hydrogen) atoms. The van der Waals surface area contributed by atoms with E-state index in [2.05, 4.69) is 5.32 Å². The van der Waals surface area contributed by atoms with E-state index >= 15 is 0 Å². The molecular weight excluding hydrogens is 448 g/mol. The van der Waals surface area contributed by atoms with Gasteiger partial charge >= 0.3 is 0 Å². The Morgan fingerprint density at radius 1 is 1.03 bits per heavy atom. The molecule has 3 aromatic rings. The highest BCUT2D eigenvalue weighted by atomic mass is 35.5. The Morgan fingerprint density at radius 2 is 1.65 bits per heavy atom. The normalized spacial score (nSPS) is 19.9. The summed E-state index contributed by atoms with van der Waals surface area (Å²) < 4.78 is 0. The second kappa shape index (κ2) is 8.90. The molecule has 0 saturated carbocycles. The first-order chi connectivity index (χ1) is 16.0. The molecule has 0 saturated heterocycles. The average molecular weight is 477 g/mol. The molecule has 4 rings (SSSR count). The Balaban J connectivity index is 1.87. The molecule has 0 spiro atoms. The zero-order chi connectivity index (χ0) is 24.7. The van der Waals surface area contributed by atoms with E-state index in [0.717, 1.165) is 22.4 Å². The largest absolute Gasteiger partial charge is 0.386 e. The molecule has 2 N–H and O–H groups in total. The van der Waals surface area contributed by atoms with Crippen LogP contribution >= 0.6 is 11.6 Å². The second-order valence-electron chi connectivity index (χ2n) is 9.57. The van der Waals surface area contributed by atoms with Gasteiger partial charge in [0.15, 0.2) is 0 Å². The molecule has 0 bridgehead atoms. The summed E-state index contributed by atoms with van der Waals surface area (Å²) in [6.45, 7) is 6.95. The zero-order valence-electron chi connectivity index (χ0n) is 19.8. The first-order valence-electron chi connectivity index (χ1n) is 11.3. The summed E-state index contributed by atoms with van der Waals surface area (Å²) in [5.74, 6) is -0.284. The first-order valence-corrected chi connectivity index (χ1v) is 11.7. The highest BCUT2D eigenvalue weighted by Gasteiger charge is 2.46. The standard InChI is InChI=1S/C28H29ClN2O3/c1-18(32)30-24-17-28(4,21-13-15-22(29)16-14-21)31(25-8-6-5-7-23(24)25)26(33)19-9-11-20(12-10-19)27(2,3)34/h5-16,24,34H,17H2,1-4H3,(H,30,32)/t24-,28+/m1/s1. The van der Waals surface area contributed by atoms with E-state index in [1.165, 1.54) is 6.92 Å². The number of amides is 2. The minimum Gasteiger partial charge on any atom is -0.386 e. The molecule has 0 aliphatic carbocycles. The summed E-state index contributed by atoms with van der Waals surface area (Å²) in [6.07, 6.45) is 0.499. The Bertz CT molecular complexity index is 1220. The maximum absolute atomic E-state index is 14.1. The van der Waals surface area contributed by atoms with E-state index < -0.39 is 11.1 Å².